The largest absolute Gasteiger partial charge is 0.370 e. The summed E-state index contributed by atoms with van der Waals surface area (Å²) in [4.78, 5) is 0. The van der Waals surface area contributed by atoms with Crippen molar-refractivity contribution in [2.75, 3.05) is 0 Å². The normalized spacial score (nSPS) is 41.4. The molecule has 1 aliphatic carbocycles. The van der Waals surface area contributed by atoms with E-state index < -0.39 is 11.1 Å². The Morgan fingerprint density at radius 1 is 1.56 bits per heavy atom. The zero-order valence-electron chi connectivity index (χ0n) is 4.79. The van der Waals surface area contributed by atoms with Crippen molar-refractivity contribution in [3.05, 3.63) is 24.3 Å². The molecule has 9 heavy (non-hydrogen) atoms. The second kappa shape index (κ2) is 2.14. The average Bonchev–Trinajstić information content (AvgIpc) is 1.77. The van der Waals surface area contributed by atoms with Gasteiger partial charge < -0.3 is 10.8 Å². The Bertz CT molecular complexity index is 162. The summed E-state index contributed by atoms with van der Waals surface area (Å²) in [6.07, 6.45) is 6.52. The lowest BCUT2D eigenvalue weighted by Gasteiger charge is -2.23. The SMILES string of the molecule is NC1C=CC=CC1(O)Cl. The highest BCUT2D eigenvalue weighted by atomic mass is 35.5. The van der Waals surface area contributed by atoms with Gasteiger partial charge in [0.05, 0.1) is 6.04 Å². The summed E-state index contributed by atoms with van der Waals surface area (Å²) < 4.78 is 0. The van der Waals surface area contributed by atoms with Crippen LogP contribution in [0.1, 0.15) is 0 Å². The summed E-state index contributed by atoms with van der Waals surface area (Å²) >= 11 is 5.51. The van der Waals surface area contributed by atoms with E-state index in [4.69, 9.17) is 22.4 Å². The highest BCUT2D eigenvalue weighted by Gasteiger charge is 2.27. The van der Waals surface area contributed by atoms with Gasteiger partial charge in [0.1, 0.15) is 0 Å². The Balaban J connectivity index is 2.78. The summed E-state index contributed by atoms with van der Waals surface area (Å²) in [5, 5.41) is 7.77. The fourth-order valence-corrected chi connectivity index (χ4v) is 0.766. The maximum Gasteiger partial charge on any atom is 0.176 e. The molecule has 0 saturated carbocycles. The van der Waals surface area contributed by atoms with Gasteiger partial charge in [-0.1, -0.05) is 29.8 Å². The maximum atomic E-state index is 9.15. The Kier molecular flexibility index (Phi) is 1.62. The molecule has 0 heterocycles. The topological polar surface area (TPSA) is 46.2 Å². The van der Waals surface area contributed by atoms with Crippen LogP contribution in [0.15, 0.2) is 24.3 Å². The van der Waals surface area contributed by atoms with Crippen LogP contribution in [0.4, 0.5) is 0 Å². The first-order valence-electron chi connectivity index (χ1n) is 2.66. The van der Waals surface area contributed by atoms with Crippen molar-refractivity contribution in [3.8, 4) is 0 Å². The molecule has 1 aliphatic rings. The first kappa shape index (κ1) is 6.81. The molecule has 0 bridgehead atoms. The van der Waals surface area contributed by atoms with Crippen LogP contribution < -0.4 is 5.73 Å². The van der Waals surface area contributed by atoms with Gasteiger partial charge in [-0.05, 0) is 6.08 Å². The lowest BCUT2D eigenvalue weighted by molar-refractivity contribution is 0.163. The molecule has 3 N–H and O–H groups in total. The van der Waals surface area contributed by atoms with Crippen LogP contribution in [0, 0.1) is 0 Å². The third-order valence-electron chi connectivity index (χ3n) is 1.23. The van der Waals surface area contributed by atoms with Gasteiger partial charge in [-0.2, -0.15) is 0 Å². The molecule has 2 unspecified atom stereocenters. The van der Waals surface area contributed by atoms with Crippen LogP contribution in [-0.2, 0) is 0 Å². The number of halogens is 1. The monoisotopic (exact) mass is 145 g/mol. The molecule has 50 valence electrons. The molecule has 0 aromatic heterocycles. The molecule has 0 radical (unpaired) electrons. The minimum atomic E-state index is -1.38. The predicted octanol–water partition coefficient (Wildman–Crippen LogP) is 0.367. The molecule has 2 atom stereocenters. The molecule has 2 nitrogen and oxygen atoms in total. The van der Waals surface area contributed by atoms with Crippen LogP contribution in [0.25, 0.3) is 0 Å². The van der Waals surface area contributed by atoms with E-state index in [0.717, 1.165) is 0 Å². The highest BCUT2D eigenvalue weighted by molar-refractivity contribution is 6.24. The third-order valence-corrected chi connectivity index (χ3v) is 1.61. The molecule has 1 rings (SSSR count). The van der Waals surface area contributed by atoms with E-state index in [1.54, 1.807) is 18.2 Å². The fourth-order valence-electron chi connectivity index (χ4n) is 0.620. The number of nitrogens with two attached hydrogens (primary N) is 1. The van der Waals surface area contributed by atoms with Gasteiger partial charge in [0.2, 0.25) is 0 Å². The number of hydrogen-bond acceptors (Lipinski definition) is 2. The number of allylic oxidation sites excluding steroid dienone is 2. The molecular weight excluding hydrogens is 138 g/mol. The van der Waals surface area contributed by atoms with Gasteiger partial charge in [0.25, 0.3) is 0 Å². The molecule has 0 aromatic rings. The molecule has 3 heteroatoms. The second-order valence-corrected chi connectivity index (χ2v) is 2.60. The van der Waals surface area contributed by atoms with Crippen molar-refractivity contribution < 1.29 is 5.11 Å². The van der Waals surface area contributed by atoms with Crippen LogP contribution in [0.3, 0.4) is 0 Å². The van der Waals surface area contributed by atoms with Crippen LogP contribution in [0.2, 0.25) is 0 Å². The van der Waals surface area contributed by atoms with Gasteiger partial charge in [0, 0.05) is 0 Å². The van der Waals surface area contributed by atoms with E-state index in [2.05, 4.69) is 0 Å². The van der Waals surface area contributed by atoms with Crippen molar-refractivity contribution in [2.45, 2.75) is 11.1 Å². The van der Waals surface area contributed by atoms with Crippen molar-refractivity contribution >= 4 is 11.6 Å². The fraction of sp³-hybridized carbons (Fsp3) is 0.333. The van der Waals surface area contributed by atoms with E-state index in [1.165, 1.54) is 6.08 Å². The van der Waals surface area contributed by atoms with Gasteiger partial charge in [-0.25, -0.2) is 0 Å². The minimum absolute atomic E-state index is 0.496. The van der Waals surface area contributed by atoms with Crippen LogP contribution >= 0.6 is 11.6 Å². The maximum absolute atomic E-state index is 9.15. The van der Waals surface area contributed by atoms with E-state index in [0.29, 0.717) is 0 Å². The second-order valence-electron chi connectivity index (χ2n) is 2.00. The Morgan fingerprint density at radius 3 is 2.56 bits per heavy atom. The van der Waals surface area contributed by atoms with Crippen molar-refractivity contribution in [1.82, 2.24) is 0 Å². The van der Waals surface area contributed by atoms with E-state index >= 15 is 0 Å². The Labute approximate surface area is 58.6 Å². The zero-order valence-corrected chi connectivity index (χ0v) is 5.55. The van der Waals surface area contributed by atoms with Crippen molar-refractivity contribution in [2.24, 2.45) is 5.73 Å². The van der Waals surface area contributed by atoms with Crippen LogP contribution in [-0.4, -0.2) is 16.2 Å². The number of hydrogen-bond donors (Lipinski definition) is 2. The van der Waals surface area contributed by atoms with Crippen LogP contribution in [0.5, 0.6) is 0 Å². The number of aliphatic hydroxyl groups is 1. The molecule has 0 spiro atoms. The van der Waals surface area contributed by atoms with Gasteiger partial charge in [-0.3, -0.25) is 0 Å². The summed E-state index contributed by atoms with van der Waals surface area (Å²) in [5.74, 6) is 0. The Morgan fingerprint density at radius 2 is 2.22 bits per heavy atom. The van der Waals surface area contributed by atoms with Gasteiger partial charge >= 0.3 is 0 Å². The summed E-state index contributed by atoms with van der Waals surface area (Å²) in [7, 11) is 0. The summed E-state index contributed by atoms with van der Waals surface area (Å²) in [6, 6.07) is -0.496. The standard InChI is InChI=1S/C6H8ClNO/c7-6(9)4-2-1-3-5(6)8/h1-5,9H,8H2. The molecule has 0 amide bonds. The highest BCUT2D eigenvalue weighted by Crippen LogP contribution is 2.20. The molecule has 0 saturated heterocycles. The summed E-state index contributed by atoms with van der Waals surface area (Å²) in [5.41, 5.74) is 5.39. The van der Waals surface area contributed by atoms with E-state index in [1.807, 2.05) is 0 Å². The van der Waals surface area contributed by atoms with Crippen molar-refractivity contribution in [1.29, 1.82) is 0 Å². The smallest absolute Gasteiger partial charge is 0.176 e. The minimum Gasteiger partial charge on any atom is -0.370 e. The number of rotatable bonds is 0. The first-order chi connectivity index (χ1) is 4.13. The van der Waals surface area contributed by atoms with E-state index in [-0.39, 0.29) is 0 Å². The Hall–Kier alpha value is -0.310. The van der Waals surface area contributed by atoms with Crippen molar-refractivity contribution in [3.63, 3.8) is 0 Å². The quantitative estimate of drug-likeness (QED) is 0.484. The molecule has 0 fully saturated rings. The first-order valence-corrected chi connectivity index (χ1v) is 3.03. The van der Waals surface area contributed by atoms with E-state index in [9.17, 15) is 0 Å². The predicted molar refractivity (Wildman–Crippen MR) is 37.1 cm³/mol. The summed E-state index contributed by atoms with van der Waals surface area (Å²) in [6.45, 7) is 0. The number of alkyl halides is 1. The third kappa shape index (κ3) is 1.33. The van der Waals surface area contributed by atoms with Gasteiger partial charge in [0.15, 0.2) is 5.06 Å². The molecule has 0 aromatic carbocycles. The van der Waals surface area contributed by atoms with Gasteiger partial charge in [-0.15, -0.1) is 0 Å². The zero-order chi connectivity index (χ0) is 6.91. The molecule has 0 aliphatic heterocycles. The molecular formula is C6H8ClNO. The lowest BCUT2D eigenvalue weighted by Crippen LogP contribution is -2.41. The lowest BCUT2D eigenvalue weighted by atomic mass is 10.1. The average molecular weight is 146 g/mol.